The van der Waals surface area contributed by atoms with Crippen LogP contribution in [-0.4, -0.2) is 28.4 Å². The second-order valence-electron chi connectivity index (χ2n) is 4.65. The predicted molar refractivity (Wildman–Crippen MR) is 72.9 cm³/mol. The van der Waals surface area contributed by atoms with E-state index in [1.807, 2.05) is 25.1 Å². The van der Waals surface area contributed by atoms with Gasteiger partial charge in [0, 0.05) is 13.1 Å². The molecule has 1 aliphatic rings. The van der Waals surface area contributed by atoms with Crippen molar-refractivity contribution < 1.29 is 14.3 Å². The lowest BCUT2D eigenvalue weighted by molar-refractivity contribution is -0.125. The first kappa shape index (κ1) is 12.5. The van der Waals surface area contributed by atoms with Crippen molar-refractivity contribution in [1.82, 2.24) is 9.78 Å². The van der Waals surface area contributed by atoms with Crippen molar-refractivity contribution in [2.45, 2.75) is 13.0 Å². The number of rotatable bonds is 2. The van der Waals surface area contributed by atoms with Gasteiger partial charge < -0.3 is 14.8 Å². The van der Waals surface area contributed by atoms with Crippen molar-refractivity contribution in [1.29, 1.82) is 0 Å². The first-order chi connectivity index (χ1) is 9.63. The quantitative estimate of drug-likeness (QED) is 0.900. The minimum atomic E-state index is -0.667. The Labute approximate surface area is 116 Å². The molecule has 104 valence electrons. The number of nitrogens with zero attached hydrogens (tertiary/aromatic N) is 2. The summed E-state index contributed by atoms with van der Waals surface area (Å²) < 4.78 is 12.8. The molecule has 1 atom stereocenters. The third kappa shape index (κ3) is 2.32. The highest BCUT2D eigenvalue weighted by molar-refractivity contribution is 5.94. The second-order valence-corrected chi connectivity index (χ2v) is 4.65. The normalized spacial score (nSPS) is 16.8. The summed E-state index contributed by atoms with van der Waals surface area (Å²) in [6, 6.07) is 9.10. The van der Waals surface area contributed by atoms with E-state index in [-0.39, 0.29) is 12.5 Å². The highest BCUT2D eigenvalue weighted by Gasteiger charge is 2.27. The maximum absolute atomic E-state index is 12.2. The molecule has 0 aliphatic carbocycles. The number of carbonyl (C=O) groups excluding carboxylic acids is 1. The van der Waals surface area contributed by atoms with Crippen molar-refractivity contribution in [2.24, 2.45) is 7.05 Å². The van der Waals surface area contributed by atoms with Gasteiger partial charge in [-0.25, -0.2) is 0 Å². The molecule has 1 aliphatic heterocycles. The summed E-state index contributed by atoms with van der Waals surface area (Å²) in [5.41, 5.74) is 0.842. The molecule has 1 N–H and O–H groups in total. The molecule has 0 bridgehead atoms. The van der Waals surface area contributed by atoms with Gasteiger partial charge in [-0.2, -0.15) is 5.10 Å². The van der Waals surface area contributed by atoms with Crippen LogP contribution in [0.4, 0.5) is 5.82 Å². The zero-order valence-corrected chi connectivity index (χ0v) is 11.3. The van der Waals surface area contributed by atoms with Gasteiger partial charge in [0.2, 0.25) is 6.10 Å². The van der Waals surface area contributed by atoms with Crippen molar-refractivity contribution in [3.8, 4) is 11.5 Å². The van der Waals surface area contributed by atoms with Gasteiger partial charge in [-0.15, -0.1) is 0 Å². The van der Waals surface area contributed by atoms with Crippen LogP contribution in [0, 0.1) is 6.92 Å². The average molecular weight is 273 g/mol. The maximum Gasteiger partial charge on any atom is 0.270 e. The number of aryl methyl sites for hydroxylation is 2. The van der Waals surface area contributed by atoms with E-state index in [9.17, 15) is 4.79 Å². The van der Waals surface area contributed by atoms with Gasteiger partial charge >= 0.3 is 0 Å². The number of fused-ring (bicyclic) bond motifs is 1. The molecule has 6 heteroatoms. The molecule has 1 aromatic heterocycles. The van der Waals surface area contributed by atoms with Crippen LogP contribution in [-0.2, 0) is 11.8 Å². The molecule has 2 aromatic rings. The summed E-state index contributed by atoms with van der Waals surface area (Å²) in [6.07, 6.45) is -0.667. The zero-order chi connectivity index (χ0) is 14.1. The number of anilines is 1. The van der Waals surface area contributed by atoms with E-state index < -0.39 is 6.10 Å². The lowest BCUT2D eigenvalue weighted by Gasteiger charge is -2.25. The Balaban J connectivity index is 1.72. The SMILES string of the molecule is Cc1cc(NC(=O)C2COc3ccccc3O2)n(C)n1. The Morgan fingerprint density at radius 1 is 1.40 bits per heavy atom. The van der Waals surface area contributed by atoms with Crippen molar-refractivity contribution in [3.05, 3.63) is 36.0 Å². The van der Waals surface area contributed by atoms with Gasteiger partial charge in [0.1, 0.15) is 12.4 Å². The molecule has 0 radical (unpaired) electrons. The molecule has 6 nitrogen and oxygen atoms in total. The van der Waals surface area contributed by atoms with Gasteiger partial charge in [-0.05, 0) is 19.1 Å². The maximum atomic E-state index is 12.2. The van der Waals surface area contributed by atoms with E-state index >= 15 is 0 Å². The number of benzene rings is 1. The summed E-state index contributed by atoms with van der Waals surface area (Å²) in [5, 5.41) is 6.96. The third-order valence-corrected chi connectivity index (χ3v) is 3.05. The average Bonchev–Trinajstić information content (AvgIpc) is 2.76. The van der Waals surface area contributed by atoms with Crippen LogP contribution in [0.5, 0.6) is 11.5 Å². The fourth-order valence-electron chi connectivity index (χ4n) is 2.08. The number of carbonyl (C=O) groups is 1. The van der Waals surface area contributed by atoms with Gasteiger partial charge in [0.15, 0.2) is 11.5 Å². The molecule has 3 rings (SSSR count). The lowest BCUT2D eigenvalue weighted by Crippen LogP contribution is -2.40. The van der Waals surface area contributed by atoms with Crippen LogP contribution in [0.1, 0.15) is 5.69 Å². The highest BCUT2D eigenvalue weighted by atomic mass is 16.6. The smallest absolute Gasteiger partial charge is 0.270 e. The van der Waals surface area contributed by atoms with E-state index in [4.69, 9.17) is 9.47 Å². The largest absolute Gasteiger partial charge is 0.485 e. The molecule has 1 unspecified atom stereocenters. The second kappa shape index (κ2) is 4.88. The molecule has 0 fully saturated rings. The Morgan fingerprint density at radius 3 is 2.85 bits per heavy atom. The van der Waals surface area contributed by atoms with Gasteiger partial charge in [-0.1, -0.05) is 12.1 Å². The molecular formula is C14H15N3O3. The number of aromatic nitrogens is 2. The van der Waals surface area contributed by atoms with Crippen LogP contribution < -0.4 is 14.8 Å². The summed E-state index contributed by atoms with van der Waals surface area (Å²) in [5.74, 6) is 1.63. The third-order valence-electron chi connectivity index (χ3n) is 3.05. The lowest BCUT2D eigenvalue weighted by atomic mass is 10.2. The molecule has 2 heterocycles. The molecule has 0 saturated carbocycles. The minimum absolute atomic E-state index is 0.194. The fraction of sp³-hybridized carbons (Fsp3) is 0.286. The van der Waals surface area contributed by atoms with Crippen molar-refractivity contribution in [2.75, 3.05) is 11.9 Å². The molecule has 20 heavy (non-hydrogen) atoms. The molecule has 1 aromatic carbocycles. The number of para-hydroxylation sites is 2. The van der Waals surface area contributed by atoms with Crippen LogP contribution >= 0.6 is 0 Å². The Kier molecular flexibility index (Phi) is 3.06. The first-order valence-corrected chi connectivity index (χ1v) is 6.33. The van der Waals surface area contributed by atoms with E-state index in [0.717, 1.165) is 5.69 Å². The summed E-state index contributed by atoms with van der Waals surface area (Å²) in [7, 11) is 1.77. The van der Waals surface area contributed by atoms with Gasteiger partial charge in [0.05, 0.1) is 5.69 Å². The summed E-state index contributed by atoms with van der Waals surface area (Å²) in [4.78, 5) is 12.2. The Hall–Kier alpha value is -2.50. The number of hydrogen-bond donors (Lipinski definition) is 1. The molecular weight excluding hydrogens is 258 g/mol. The van der Waals surface area contributed by atoms with Crippen LogP contribution in [0.3, 0.4) is 0 Å². The molecule has 1 amide bonds. The Bertz CT molecular complexity index is 651. The van der Waals surface area contributed by atoms with Crippen LogP contribution in [0.15, 0.2) is 30.3 Å². The number of hydrogen-bond acceptors (Lipinski definition) is 4. The van der Waals surface area contributed by atoms with Gasteiger partial charge in [-0.3, -0.25) is 9.48 Å². The van der Waals surface area contributed by atoms with E-state index in [2.05, 4.69) is 10.4 Å². The predicted octanol–water partition coefficient (Wildman–Crippen LogP) is 1.51. The van der Waals surface area contributed by atoms with E-state index in [1.165, 1.54) is 0 Å². The summed E-state index contributed by atoms with van der Waals surface area (Å²) >= 11 is 0. The Morgan fingerprint density at radius 2 is 2.15 bits per heavy atom. The van der Waals surface area contributed by atoms with Gasteiger partial charge in [0.25, 0.3) is 5.91 Å². The van der Waals surface area contributed by atoms with E-state index in [1.54, 1.807) is 23.9 Å². The number of nitrogens with one attached hydrogen (secondary N) is 1. The highest BCUT2D eigenvalue weighted by Crippen LogP contribution is 2.31. The van der Waals surface area contributed by atoms with E-state index in [0.29, 0.717) is 17.3 Å². The van der Waals surface area contributed by atoms with Crippen molar-refractivity contribution >= 4 is 11.7 Å². The summed E-state index contributed by atoms with van der Waals surface area (Å²) in [6.45, 7) is 2.06. The topological polar surface area (TPSA) is 65.4 Å². The number of ether oxygens (including phenoxy) is 2. The first-order valence-electron chi connectivity index (χ1n) is 6.33. The zero-order valence-electron chi connectivity index (χ0n) is 11.3. The fourth-order valence-corrected chi connectivity index (χ4v) is 2.08. The monoisotopic (exact) mass is 273 g/mol. The minimum Gasteiger partial charge on any atom is -0.485 e. The van der Waals surface area contributed by atoms with Crippen LogP contribution in [0.2, 0.25) is 0 Å². The van der Waals surface area contributed by atoms with Crippen molar-refractivity contribution in [3.63, 3.8) is 0 Å². The number of amides is 1. The standard InChI is InChI=1S/C14H15N3O3/c1-9-7-13(17(2)16-9)15-14(18)12-8-19-10-5-3-4-6-11(10)20-12/h3-7,12H,8H2,1-2H3,(H,15,18). The molecule has 0 spiro atoms. The molecule has 0 saturated heterocycles. The van der Waals surface area contributed by atoms with Crippen LogP contribution in [0.25, 0.3) is 0 Å².